The molecule has 0 spiro atoms. The Morgan fingerprint density at radius 2 is 1.82 bits per heavy atom. The molecule has 1 saturated carbocycles. The van der Waals surface area contributed by atoms with E-state index in [4.69, 9.17) is 9.15 Å². The molecule has 8 heteroatoms. The lowest BCUT2D eigenvalue weighted by molar-refractivity contribution is -0.146. The van der Waals surface area contributed by atoms with E-state index in [1.54, 1.807) is 24.0 Å². The number of nitrogens with zero attached hydrogens (tertiary/aromatic N) is 3. The molecule has 3 heterocycles. The van der Waals surface area contributed by atoms with Crippen LogP contribution in [0.2, 0.25) is 0 Å². The monoisotopic (exact) mass is 471 g/mol. The number of esters is 1. The van der Waals surface area contributed by atoms with Gasteiger partial charge >= 0.3 is 5.97 Å². The number of fused-ring (bicyclic) bond motifs is 1. The highest BCUT2D eigenvalue weighted by Gasteiger charge is 2.48. The molecule has 1 aliphatic carbocycles. The van der Waals surface area contributed by atoms with Crippen molar-refractivity contribution >= 4 is 17.8 Å². The van der Waals surface area contributed by atoms with Gasteiger partial charge in [-0.1, -0.05) is 33.6 Å². The molecule has 8 nitrogen and oxygen atoms in total. The van der Waals surface area contributed by atoms with Crippen LogP contribution in [-0.4, -0.2) is 77.9 Å². The van der Waals surface area contributed by atoms with Gasteiger partial charge < -0.3 is 23.9 Å². The van der Waals surface area contributed by atoms with Crippen LogP contribution in [-0.2, 0) is 14.3 Å². The third kappa shape index (κ3) is 4.86. The van der Waals surface area contributed by atoms with Crippen molar-refractivity contribution in [2.75, 3.05) is 39.3 Å². The van der Waals surface area contributed by atoms with Crippen LogP contribution in [0.15, 0.2) is 34.1 Å². The van der Waals surface area contributed by atoms with Gasteiger partial charge in [0.05, 0.1) is 12.9 Å². The van der Waals surface area contributed by atoms with Gasteiger partial charge in [-0.3, -0.25) is 9.59 Å². The van der Waals surface area contributed by atoms with Gasteiger partial charge in [-0.15, -0.1) is 0 Å². The number of carbonyl (C=O) groups excluding carboxylic acids is 3. The van der Waals surface area contributed by atoms with Crippen LogP contribution in [0.25, 0.3) is 0 Å². The fourth-order valence-electron chi connectivity index (χ4n) is 5.59. The van der Waals surface area contributed by atoms with E-state index in [1.807, 2.05) is 4.90 Å². The molecule has 0 N–H and O–H groups in total. The molecule has 1 saturated heterocycles. The first-order valence-electron chi connectivity index (χ1n) is 12.5. The molecule has 0 radical (unpaired) electrons. The third-order valence-corrected chi connectivity index (χ3v) is 6.98. The molecular weight excluding hydrogens is 434 g/mol. The second-order valence-electron chi connectivity index (χ2n) is 10.7. The topological polar surface area (TPSA) is 83.3 Å². The van der Waals surface area contributed by atoms with Gasteiger partial charge in [-0.05, 0) is 37.3 Å². The van der Waals surface area contributed by atoms with Gasteiger partial charge in [-0.25, -0.2) is 4.79 Å². The minimum Gasteiger partial charge on any atom is -0.462 e. The Balaban J connectivity index is 1.65. The van der Waals surface area contributed by atoms with E-state index in [0.717, 1.165) is 31.4 Å². The van der Waals surface area contributed by atoms with E-state index < -0.39 is 5.97 Å². The van der Waals surface area contributed by atoms with Gasteiger partial charge in [0.2, 0.25) is 0 Å². The van der Waals surface area contributed by atoms with Crippen LogP contribution in [0, 0.1) is 11.3 Å². The van der Waals surface area contributed by atoms with Gasteiger partial charge in [0.1, 0.15) is 5.57 Å². The average Bonchev–Trinajstić information content (AvgIpc) is 3.34. The molecule has 0 bridgehead atoms. The Morgan fingerprint density at radius 3 is 2.44 bits per heavy atom. The Labute approximate surface area is 201 Å². The second kappa shape index (κ2) is 9.84. The van der Waals surface area contributed by atoms with Crippen molar-refractivity contribution < 1.29 is 23.5 Å². The number of carbonyl (C=O) groups is 3. The summed E-state index contributed by atoms with van der Waals surface area (Å²) < 4.78 is 10.7. The maximum absolute atomic E-state index is 13.8. The van der Waals surface area contributed by atoms with Crippen LogP contribution in [0.3, 0.4) is 0 Å². The lowest BCUT2D eigenvalue weighted by atomic mass is 9.75. The summed E-state index contributed by atoms with van der Waals surface area (Å²) in [5, 5.41) is 0. The summed E-state index contributed by atoms with van der Waals surface area (Å²) in [4.78, 5) is 45.6. The van der Waals surface area contributed by atoms with Crippen LogP contribution in [0.4, 0.5) is 0 Å². The number of piperazine rings is 1. The lowest BCUT2D eigenvalue weighted by Crippen LogP contribution is -2.58. The quantitative estimate of drug-likeness (QED) is 0.484. The Bertz CT molecular complexity index is 938. The highest BCUT2D eigenvalue weighted by Crippen LogP contribution is 2.42. The van der Waals surface area contributed by atoms with Crippen LogP contribution >= 0.6 is 0 Å². The molecule has 3 aliphatic rings. The smallest absolute Gasteiger partial charge is 0.345 e. The van der Waals surface area contributed by atoms with Gasteiger partial charge in [0.15, 0.2) is 5.76 Å². The Morgan fingerprint density at radius 1 is 1.12 bits per heavy atom. The standard InChI is InChI=1S/C26H37N3O5/c1-5-33-25(32)21-22(27-12-14-28(15-13-27)23(30)20-11-8-16-34-20)18-9-6-7-10-19(18)29(24(21)31)17-26(2,3)4/h8,11,16,18-19H,5-7,9-10,12-15,17H2,1-4H3. The van der Waals surface area contributed by atoms with Gasteiger partial charge in [0, 0.05) is 50.4 Å². The zero-order chi connectivity index (χ0) is 24.5. The van der Waals surface area contributed by atoms with Crippen molar-refractivity contribution in [3.05, 3.63) is 35.4 Å². The van der Waals surface area contributed by atoms with Crippen LogP contribution < -0.4 is 0 Å². The number of amides is 2. The first kappa shape index (κ1) is 24.4. The summed E-state index contributed by atoms with van der Waals surface area (Å²) in [5.41, 5.74) is 0.954. The molecule has 4 rings (SSSR count). The van der Waals surface area contributed by atoms with Crippen molar-refractivity contribution in [2.45, 2.75) is 59.4 Å². The molecule has 2 aliphatic heterocycles. The number of rotatable bonds is 5. The summed E-state index contributed by atoms with van der Waals surface area (Å²) >= 11 is 0. The summed E-state index contributed by atoms with van der Waals surface area (Å²) in [6.45, 7) is 11.1. The SMILES string of the molecule is CCOC(=O)C1=C(N2CCN(C(=O)c3ccco3)CC2)C2CCCCC2N(CC(C)(C)C)C1=O. The molecular formula is C26H37N3O5. The van der Waals surface area contributed by atoms with Crippen LogP contribution in [0.1, 0.15) is 63.9 Å². The predicted molar refractivity (Wildman–Crippen MR) is 127 cm³/mol. The van der Waals surface area contributed by atoms with Crippen molar-refractivity contribution in [1.29, 1.82) is 0 Å². The molecule has 2 fully saturated rings. The van der Waals surface area contributed by atoms with Gasteiger partial charge in [-0.2, -0.15) is 0 Å². The van der Waals surface area contributed by atoms with Crippen molar-refractivity contribution in [3.63, 3.8) is 0 Å². The summed E-state index contributed by atoms with van der Waals surface area (Å²) in [5.74, 6) is -0.422. The lowest BCUT2D eigenvalue weighted by Gasteiger charge is -2.50. The van der Waals surface area contributed by atoms with Crippen molar-refractivity contribution in [2.24, 2.45) is 11.3 Å². The van der Waals surface area contributed by atoms with Crippen LogP contribution in [0.5, 0.6) is 0 Å². The highest BCUT2D eigenvalue weighted by atomic mass is 16.5. The summed E-state index contributed by atoms with van der Waals surface area (Å²) in [6.07, 6.45) is 5.56. The number of ether oxygens (including phenoxy) is 1. The average molecular weight is 472 g/mol. The largest absolute Gasteiger partial charge is 0.462 e. The molecule has 1 aromatic heterocycles. The number of furan rings is 1. The Kier molecular flexibility index (Phi) is 7.05. The number of hydrogen-bond donors (Lipinski definition) is 0. The van der Waals surface area contributed by atoms with Gasteiger partial charge in [0.25, 0.3) is 11.8 Å². The first-order chi connectivity index (χ1) is 16.2. The predicted octanol–water partition coefficient (Wildman–Crippen LogP) is 3.30. The van der Waals surface area contributed by atoms with E-state index in [0.29, 0.717) is 38.5 Å². The maximum atomic E-state index is 13.8. The second-order valence-corrected chi connectivity index (χ2v) is 10.7. The van der Waals surface area contributed by atoms with E-state index in [2.05, 4.69) is 25.7 Å². The van der Waals surface area contributed by atoms with E-state index >= 15 is 0 Å². The van der Waals surface area contributed by atoms with E-state index in [1.165, 1.54) is 6.26 Å². The summed E-state index contributed by atoms with van der Waals surface area (Å²) in [6, 6.07) is 3.48. The summed E-state index contributed by atoms with van der Waals surface area (Å²) in [7, 11) is 0. The Hall–Kier alpha value is -2.77. The normalized spacial score (nSPS) is 23.8. The first-order valence-corrected chi connectivity index (χ1v) is 12.5. The van der Waals surface area contributed by atoms with Crippen molar-refractivity contribution in [1.82, 2.24) is 14.7 Å². The molecule has 1 aromatic rings. The molecule has 2 unspecified atom stereocenters. The minimum atomic E-state index is -0.528. The number of hydrogen-bond acceptors (Lipinski definition) is 6. The molecule has 2 atom stereocenters. The third-order valence-electron chi connectivity index (χ3n) is 6.98. The molecule has 34 heavy (non-hydrogen) atoms. The zero-order valence-electron chi connectivity index (χ0n) is 20.8. The minimum absolute atomic E-state index is 0.0766. The zero-order valence-corrected chi connectivity index (χ0v) is 20.8. The van der Waals surface area contributed by atoms with E-state index in [-0.39, 0.29) is 41.4 Å². The van der Waals surface area contributed by atoms with E-state index in [9.17, 15) is 14.4 Å². The molecule has 186 valence electrons. The fraction of sp³-hybridized carbons (Fsp3) is 0.654. The maximum Gasteiger partial charge on any atom is 0.345 e. The molecule has 2 amide bonds. The highest BCUT2D eigenvalue weighted by molar-refractivity contribution is 6.17. The molecule has 0 aromatic carbocycles. The van der Waals surface area contributed by atoms with Crippen molar-refractivity contribution in [3.8, 4) is 0 Å². The fourth-order valence-corrected chi connectivity index (χ4v) is 5.59.